The Morgan fingerprint density at radius 2 is 1.38 bits per heavy atom. The quantitative estimate of drug-likeness (QED) is 0.603. The molecule has 0 aliphatic carbocycles. The second-order valence-corrected chi connectivity index (χ2v) is 3.90. The zero-order valence-corrected chi connectivity index (χ0v) is 9.21. The van der Waals surface area contributed by atoms with E-state index in [1.807, 2.05) is 6.92 Å². The molecule has 0 bridgehead atoms. The van der Waals surface area contributed by atoms with E-state index in [1.54, 1.807) is 0 Å². The van der Waals surface area contributed by atoms with Crippen LogP contribution in [0.2, 0.25) is 0 Å². The topological polar surface area (TPSA) is 40.5 Å². The van der Waals surface area contributed by atoms with Crippen molar-refractivity contribution in [3.05, 3.63) is 0 Å². The Bertz CT molecular complexity index is 115. The molecule has 0 aliphatic heterocycles. The van der Waals surface area contributed by atoms with Crippen LogP contribution in [0.25, 0.3) is 0 Å². The first-order valence-electron chi connectivity index (χ1n) is 5.53. The van der Waals surface area contributed by atoms with E-state index < -0.39 is 5.79 Å². The minimum atomic E-state index is -1.43. The van der Waals surface area contributed by atoms with Crippen LogP contribution in [0, 0.1) is 5.92 Å². The first-order valence-corrected chi connectivity index (χ1v) is 5.53. The summed E-state index contributed by atoms with van der Waals surface area (Å²) < 4.78 is 0. The number of aliphatic hydroxyl groups is 2. The van der Waals surface area contributed by atoms with E-state index in [1.165, 1.54) is 0 Å². The third-order valence-corrected chi connectivity index (χ3v) is 2.55. The molecule has 0 radical (unpaired) electrons. The largest absolute Gasteiger partial charge is 0.365 e. The average molecular weight is 188 g/mol. The Balaban J connectivity index is 4.13. The van der Waals surface area contributed by atoms with E-state index in [4.69, 9.17) is 0 Å². The van der Waals surface area contributed by atoms with Crippen molar-refractivity contribution >= 4 is 0 Å². The van der Waals surface area contributed by atoms with Gasteiger partial charge in [0.15, 0.2) is 5.79 Å². The molecule has 2 nitrogen and oxygen atoms in total. The van der Waals surface area contributed by atoms with E-state index in [0.29, 0.717) is 6.42 Å². The van der Waals surface area contributed by atoms with Crippen LogP contribution in [-0.4, -0.2) is 16.0 Å². The average Bonchev–Trinajstić information content (AvgIpc) is 2.04. The van der Waals surface area contributed by atoms with Crippen molar-refractivity contribution in [2.24, 2.45) is 5.92 Å². The maximum Gasteiger partial charge on any atom is 0.165 e. The highest BCUT2D eigenvalue weighted by atomic mass is 16.5. The Morgan fingerprint density at radius 1 is 0.923 bits per heavy atom. The smallest absolute Gasteiger partial charge is 0.165 e. The van der Waals surface area contributed by atoms with E-state index >= 15 is 0 Å². The summed E-state index contributed by atoms with van der Waals surface area (Å²) in [4.78, 5) is 0. The lowest BCUT2D eigenvalue weighted by molar-refractivity contribution is -0.208. The lowest BCUT2D eigenvalue weighted by atomic mass is 9.87. The van der Waals surface area contributed by atoms with Crippen molar-refractivity contribution in [3.63, 3.8) is 0 Å². The van der Waals surface area contributed by atoms with Crippen LogP contribution in [0.5, 0.6) is 0 Å². The summed E-state index contributed by atoms with van der Waals surface area (Å²) in [6.45, 7) is 6.16. The van der Waals surface area contributed by atoms with Crippen LogP contribution in [0.4, 0.5) is 0 Å². The van der Waals surface area contributed by atoms with Crippen LogP contribution in [0.1, 0.15) is 59.3 Å². The van der Waals surface area contributed by atoms with Gasteiger partial charge in [-0.05, 0) is 12.8 Å². The summed E-state index contributed by atoms with van der Waals surface area (Å²) in [6, 6.07) is 0. The van der Waals surface area contributed by atoms with Gasteiger partial charge in [0.1, 0.15) is 0 Å². The fourth-order valence-corrected chi connectivity index (χ4v) is 1.88. The molecular formula is C11H24O2. The molecule has 0 saturated heterocycles. The van der Waals surface area contributed by atoms with Gasteiger partial charge in [-0.25, -0.2) is 0 Å². The van der Waals surface area contributed by atoms with Crippen molar-refractivity contribution < 1.29 is 10.2 Å². The molecule has 0 aromatic heterocycles. The second kappa shape index (κ2) is 6.39. The molecule has 0 aliphatic rings. The van der Waals surface area contributed by atoms with Gasteiger partial charge in [-0.1, -0.05) is 40.0 Å². The molecule has 0 aromatic rings. The lowest BCUT2D eigenvalue weighted by Gasteiger charge is -2.31. The van der Waals surface area contributed by atoms with Gasteiger partial charge in [0.2, 0.25) is 0 Å². The van der Waals surface area contributed by atoms with E-state index in [-0.39, 0.29) is 5.92 Å². The van der Waals surface area contributed by atoms with Crippen molar-refractivity contribution in [1.29, 1.82) is 0 Å². The minimum absolute atomic E-state index is 0.0578. The van der Waals surface area contributed by atoms with Crippen LogP contribution < -0.4 is 0 Å². The fraction of sp³-hybridized carbons (Fsp3) is 1.00. The van der Waals surface area contributed by atoms with Crippen LogP contribution >= 0.6 is 0 Å². The number of rotatable bonds is 7. The van der Waals surface area contributed by atoms with Crippen molar-refractivity contribution in [2.75, 3.05) is 0 Å². The monoisotopic (exact) mass is 188 g/mol. The molecule has 80 valence electrons. The Labute approximate surface area is 82.0 Å². The molecule has 2 heteroatoms. The molecule has 0 rings (SSSR count). The normalized spacial score (nSPS) is 12.5. The van der Waals surface area contributed by atoms with Crippen LogP contribution in [0.3, 0.4) is 0 Å². The van der Waals surface area contributed by atoms with Gasteiger partial charge in [0.05, 0.1) is 0 Å². The molecule has 13 heavy (non-hydrogen) atoms. The Kier molecular flexibility index (Phi) is 6.35. The van der Waals surface area contributed by atoms with Crippen molar-refractivity contribution in [1.82, 2.24) is 0 Å². The Hall–Kier alpha value is -0.0800. The molecule has 0 heterocycles. The molecule has 0 spiro atoms. The van der Waals surface area contributed by atoms with Gasteiger partial charge in [-0.3, -0.25) is 0 Å². The standard InChI is InChI=1S/C11H24O2/c1-4-7-10(8-5-2)11(12,13)9-6-3/h10,12-13H,4-9H2,1-3H3. The van der Waals surface area contributed by atoms with Gasteiger partial charge < -0.3 is 10.2 Å². The molecule has 0 fully saturated rings. The van der Waals surface area contributed by atoms with Gasteiger partial charge in [-0.2, -0.15) is 0 Å². The fourth-order valence-electron chi connectivity index (χ4n) is 1.88. The van der Waals surface area contributed by atoms with Crippen LogP contribution in [-0.2, 0) is 0 Å². The second-order valence-electron chi connectivity index (χ2n) is 3.90. The summed E-state index contributed by atoms with van der Waals surface area (Å²) in [6.07, 6.45) is 5.21. The van der Waals surface area contributed by atoms with Crippen molar-refractivity contribution in [2.45, 2.75) is 65.1 Å². The molecule has 2 N–H and O–H groups in total. The molecule has 0 aromatic carbocycles. The van der Waals surface area contributed by atoms with Crippen molar-refractivity contribution in [3.8, 4) is 0 Å². The first kappa shape index (κ1) is 12.9. The molecule has 0 amide bonds. The van der Waals surface area contributed by atoms with Gasteiger partial charge >= 0.3 is 0 Å². The molecule has 0 atom stereocenters. The zero-order chi connectivity index (χ0) is 10.3. The maximum atomic E-state index is 9.79. The highest BCUT2D eigenvalue weighted by Crippen LogP contribution is 2.28. The van der Waals surface area contributed by atoms with E-state index in [2.05, 4.69) is 13.8 Å². The predicted molar refractivity (Wildman–Crippen MR) is 55.4 cm³/mol. The summed E-state index contributed by atoms with van der Waals surface area (Å²) in [5, 5.41) is 19.6. The van der Waals surface area contributed by atoms with Gasteiger partial charge in [0.25, 0.3) is 0 Å². The summed E-state index contributed by atoms with van der Waals surface area (Å²) >= 11 is 0. The molecular weight excluding hydrogens is 164 g/mol. The lowest BCUT2D eigenvalue weighted by Crippen LogP contribution is -2.37. The minimum Gasteiger partial charge on any atom is -0.365 e. The molecule has 0 unspecified atom stereocenters. The molecule has 0 saturated carbocycles. The first-order chi connectivity index (χ1) is 6.08. The third kappa shape index (κ3) is 4.63. The van der Waals surface area contributed by atoms with E-state index in [0.717, 1.165) is 32.1 Å². The predicted octanol–water partition coefficient (Wildman–Crippen LogP) is 2.68. The zero-order valence-electron chi connectivity index (χ0n) is 9.21. The highest BCUT2D eigenvalue weighted by Gasteiger charge is 2.31. The third-order valence-electron chi connectivity index (χ3n) is 2.55. The van der Waals surface area contributed by atoms with Gasteiger partial charge in [-0.15, -0.1) is 0 Å². The summed E-state index contributed by atoms with van der Waals surface area (Å²) in [5.41, 5.74) is 0. The summed E-state index contributed by atoms with van der Waals surface area (Å²) in [7, 11) is 0. The van der Waals surface area contributed by atoms with Crippen LogP contribution in [0.15, 0.2) is 0 Å². The number of hydrogen-bond acceptors (Lipinski definition) is 2. The number of hydrogen-bond donors (Lipinski definition) is 2. The highest BCUT2D eigenvalue weighted by molar-refractivity contribution is 4.74. The SMILES string of the molecule is CCCC(CCC)C(O)(O)CCC. The van der Waals surface area contributed by atoms with E-state index in [9.17, 15) is 10.2 Å². The maximum absolute atomic E-state index is 9.79. The van der Waals surface area contributed by atoms with Gasteiger partial charge in [0, 0.05) is 12.3 Å². The summed E-state index contributed by atoms with van der Waals surface area (Å²) in [5.74, 6) is -1.37. The Morgan fingerprint density at radius 3 is 1.69 bits per heavy atom.